The predicted octanol–water partition coefficient (Wildman–Crippen LogP) is -1.49. The molecule has 3 N–H and O–H groups in total. The first kappa shape index (κ1) is 25.0. The molecule has 0 aliphatic carbocycles. The minimum atomic E-state index is -3.04. The Morgan fingerprint density at radius 1 is 1.06 bits per heavy atom. The SMILES string of the molecule is CC1(F)C(n2ccc(=O)[nH]c2=O)OC(C(O)c2ccccc2C(=O)[O-])C1(O)c1ccccc1C(=O)[O-]. The molecule has 0 radical (unpaired) electrons. The standard InChI is InChI=1S/C24H21FN2O9/c1-23(25)21(27-11-10-16(28)26-22(27)34)36-18(17(29)12-6-2-3-7-13(12)19(30)31)24(23,35)15-9-5-4-8-14(15)20(32)33/h2-11,17-18,21,29,35H,1H3,(H,30,31)(H,32,33)(H,26,28,34)/p-2. The van der Waals surface area contributed by atoms with Crippen molar-refractivity contribution in [1.29, 1.82) is 0 Å². The van der Waals surface area contributed by atoms with Crippen molar-refractivity contribution in [3.05, 3.63) is 104 Å². The molecule has 2 heterocycles. The van der Waals surface area contributed by atoms with Crippen LogP contribution in [-0.4, -0.2) is 43.5 Å². The number of aromatic nitrogens is 2. The lowest BCUT2D eigenvalue weighted by Gasteiger charge is -2.39. The van der Waals surface area contributed by atoms with Crippen LogP contribution in [0.2, 0.25) is 0 Å². The Labute approximate surface area is 201 Å². The number of aromatic amines is 1. The van der Waals surface area contributed by atoms with Crippen LogP contribution in [0.15, 0.2) is 70.4 Å². The monoisotopic (exact) mass is 498 g/mol. The molecule has 0 amide bonds. The number of ether oxygens (including phenoxy) is 1. The fraction of sp³-hybridized carbons (Fsp3) is 0.250. The van der Waals surface area contributed by atoms with E-state index in [1.165, 1.54) is 30.3 Å². The van der Waals surface area contributed by atoms with E-state index in [2.05, 4.69) is 0 Å². The zero-order chi connectivity index (χ0) is 26.4. The number of hydrogen-bond donors (Lipinski definition) is 3. The summed E-state index contributed by atoms with van der Waals surface area (Å²) in [5.74, 6) is -3.46. The summed E-state index contributed by atoms with van der Waals surface area (Å²) in [6.45, 7) is 0.818. The van der Waals surface area contributed by atoms with Crippen molar-refractivity contribution < 1.29 is 39.1 Å². The van der Waals surface area contributed by atoms with Gasteiger partial charge in [0.25, 0.3) is 5.56 Å². The van der Waals surface area contributed by atoms with Crippen LogP contribution in [0.1, 0.15) is 51.1 Å². The summed E-state index contributed by atoms with van der Waals surface area (Å²) in [7, 11) is 0. The molecule has 1 aliphatic rings. The van der Waals surface area contributed by atoms with Crippen molar-refractivity contribution >= 4 is 11.9 Å². The number of nitrogens with zero attached hydrogens (tertiary/aromatic N) is 1. The number of halogens is 1. The third-order valence-electron chi connectivity index (χ3n) is 6.34. The molecule has 4 rings (SSSR count). The van der Waals surface area contributed by atoms with E-state index < -0.39 is 69.6 Å². The van der Waals surface area contributed by atoms with Crippen LogP contribution < -0.4 is 21.5 Å². The van der Waals surface area contributed by atoms with E-state index in [1.54, 1.807) is 0 Å². The molecule has 5 unspecified atom stereocenters. The van der Waals surface area contributed by atoms with Crippen LogP contribution in [0.4, 0.5) is 4.39 Å². The van der Waals surface area contributed by atoms with Crippen LogP contribution in [0, 0.1) is 0 Å². The second-order valence-corrected chi connectivity index (χ2v) is 8.42. The normalized spacial score (nSPS) is 26.4. The summed E-state index contributed by atoms with van der Waals surface area (Å²) in [6, 6.07) is 10.6. The van der Waals surface area contributed by atoms with Gasteiger partial charge in [0.05, 0.1) is 11.9 Å². The van der Waals surface area contributed by atoms with Crippen molar-refractivity contribution in [3.63, 3.8) is 0 Å². The Balaban J connectivity index is 1.99. The van der Waals surface area contributed by atoms with Gasteiger partial charge in [0.1, 0.15) is 12.2 Å². The summed E-state index contributed by atoms with van der Waals surface area (Å²) >= 11 is 0. The molecule has 1 fully saturated rings. The lowest BCUT2D eigenvalue weighted by Crippen LogP contribution is -2.54. The zero-order valence-electron chi connectivity index (χ0n) is 18.6. The molecule has 36 heavy (non-hydrogen) atoms. The summed E-state index contributed by atoms with van der Waals surface area (Å²) in [6.07, 6.45) is -5.22. The first-order valence-corrected chi connectivity index (χ1v) is 10.6. The van der Waals surface area contributed by atoms with Crippen molar-refractivity contribution in [1.82, 2.24) is 9.55 Å². The van der Waals surface area contributed by atoms with E-state index in [-0.39, 0.29) is 5.56 Å². The maximum Gasteiger partial charge on any atom is 0.330 e. The Morgan fingerprint density at radius 3 is 2.25 bits per heavy atom. The molecule has 11 nitrogen and oxygen atoms in total. The molecule has 0 bridgehead atoms. The first-order valence-electron chi connectivity index (χ1n) is 10.6. The Hall–Kier alpha value is -4.13. The van der Waals surface area contributed by atoms with E-state index in [0.29, 0.717) is 4.57 Å². The fourth-order valence-electron chi connectivity index (χ4n) is 4.59. The second-order valence-electron chi connectivity index (χ2n) is 8.42. The smallest absolute Gasteiger partial charge is 0.330 e. The van der Waals surface area contributed by atoms with Gasteiger partial charge in [-0.2, -0.15) is 0 Å². The lowest BCUT2D eigenvalue weighted by molar-refractivity contribution is -0.256. The molecule has 1 aromatic heterocycles. The predicted molar refractivity (Wildman–Crippen MR) is 115 cm³/mol. The number of carbonyl (C=O) groups is 2. The number of aliphatic hydroxyl groups is 2. The first-order chi connectivity index (χ1) is 16.9. The molecular weight excluding hydrogens is 479 g/mol. The van der Waals surface area contributed by atoms with Crippen molar-refractivity contribution in [2.45, 2.75) is 36.6 Å². The van der Waals surface area contributed by atoms with Gasteiger partial charge < -0.3 is 34.8 Å². The third-order valence-corrected chi connectivity index (χ3v) is 6.34. The second kappa shape index (κ2) is 8.82. The third kappa shape index (κ3) is 3.71. The van der Waals surface area contributed by atoms with E-state index in [9.17, 15) is 39.6 Å². The summed E-state index contributed by atoms with van der Waals surface area (Å²) in [5, 5.41) is 46.6. The van der Waals surface area contributed by atoms with Gasteiger partial charge >= 0.3 is 5.69 Å². The number of carbonyl (C=O) groups excluding carboxylic acids is 2. The fourth-order valence-corrected chi connectivity index (χ4v) is 4.59. The number of alkyl halides is 1. The van der Waals surface area contributed by atoms with Crippen molar-refractivity contribution in [2.24, 2.45) is 0 Å². The Bertz CT molecular complexity index is 1460. The highest BCUT2D eigenvalue weighted by Crippen LogP contribution is 2.56. The average molecular weight is 498 g/mol. The topological polar surface area (TPSA) is 185 Å². The van der Waals surface area contributed by atoms with Gasteiger partial charge in [-0.25, -0.2) is 9.18 Å². The minimum Gasteiger partial charge on any atom is -0.545 e. The van der Waals surface area contributed by atoms with Gasteiger partial charge in [-0.3, -0.25) is 14.3 Å². The number of carboxylic acid groups (broad SMARTS) is 2. The summed E-state index contributed by atoms with van der Waals surface area (Å²) in [4.78, 5) is 49.4. The molecule has 3 aromatic rings. The zero-order valence-corrected chi connectivity index (χ0v) is 18.6. The van der Waals surface area contributed by atoms with E-state index >= 15 is 4.39 Å². The quantitative estimate of drug-likeness (QED) is 0.364. The highest BCUT2D eigenvalue weighted by molar-refractivity contribution is 5.89. The van der Waals surface area contributed by atoms with Gasteiger partial charge in [-0.05, 0) is 18.1 Å². The number of aromatic carboxylic acids is 2. The molecule has 188 valence electrons. The van der Waals surface area contributed by atoms with Crippen LogP contribution in [0.3, 0.4) is 0 Å². The summed E-state index contributed by atoms with van der Waals surface area (Å²) < 4.78 is 23.0. The van der Waals surface area contributed by atoms with Gasteiger partial charge in [-0.1, -0.05) is 48.5 Å². The van der Waals surface area contributed by atoms with Crippen molar-refractivity contribution in [2.75, 3.05) is 0 Å². The Morgan fingerprint density at radius 2 is 1.64 bits per heavy atom. The maximum atomic E-state index is 16.7. The Kier molecular flexibility index (Phi) is 6.12. The molecule has 2 aromatic carbocycles. The molecule has 1 aliphatic heterocycles. The average Bonchev–Trinajstić information content (AvgIpc) is 3.05. The molecule has 12 heteroatoms. The van der Waals surface area contributed by atoms with Gasteiger partial charge in [0.2, 0.25) is 0 Å². The highest BCUT2D eigenvalue weighted by atomic mass is 19.1. The minimum absolute atomic E-state index is 0.322. The van der Waals surface area contributed by atoms with E-state index in [1.807, 2.05) is 4.98 Å². The number of carboxylic acids is 2. The largest absolute Gasteiger partial charge is 0.545 e. The number of hydrogen-bond acceptors (Lipinski definition) is 9. The summed E-state index contributed by atoms with van der Waals surface area (Å²) in [5.41, 5.74) is -9.93. The molecule has 1 saturated heterocycles. The van der Waals surface area contributed by atoms with Gasteiger partial charge in [-0.15, -0.1) is 0 Å². The number of rotatable bonds is 6. The van der Waals surface area contributed by atoms with Crippen LogP contribution in [0.25, 0.3) is 0 Å². The van der Waals surface area contributed by atoms with E-state index in [0.717, 1.165) is 37.4 Å². The molecule has 5 atom stereocenters. The lowest BCUT2D eigenvalue weighted by atomic mass is 9.73. The number of H-pyrrole nitrogens is 1. The van der Waals surface area contributed by atoms with Crippen molar-refractivity contribution in [3.8, 4) is 0 Å². The van der Waals surface area contributed by atoms with Crippen LogP contribution >= 0.6 is 0 Å². The number of benzene rings is 2. The van der Waals surface area contributed by atoms with Crippen LogP contribution in [0.5, 0.6) is 0 Å². The van der Waals surface area contributed by atoms with E-state index in [4.69, 9.17) is 4.74 Å². The molecule has 0 spiro atoms. The molecular formula is C24H19FN2O9-2. The maximum absolute atomic E-state index is 16.7. The number of aliphatic hydroxyl groups excluding tert-OH is 1. The van der Waals surface area contributed by atoms with Gasteiger partial charge in [0, 0.05) is 23.4 Å². The van der Waals surface area contributed by atoms with Crippen LogP contribution in [-0.2, 0) is 10.3 Å². The number of nitrogens with one attached hydrogen (secondary N) is 1. The highest BCUT2D eigenvalue weighted by Gasteiger charge is 2.69. The van der Waals surface area contributed by atoms with Gasteiger partial charge in [0.15, 0.2) is 17.5 Å². The molecule has 0 saturated carbocycles.